The molecule has 3 heterocycles. The maximum Gasteiger partial charge on any atom is 0.352 e. The average Bonchev–Trinajstić information content (AvgIpc) is 3.30. The summed E-state index contributed by atoms with van der Waals surface area (Å²) in [5.74, 6) is -0.616. The lowest BCUT2D eigenvalue weighted by molar-refractivity contribution is -0.384. The number of benzene rings is 1. The zero-order chi connectivity index (χ0) is 22.0. The number of nitrogens with zero attached hydrogens (tertiary/aromatic N) is 5. The van der Waals surface area contributed by atoms with Gasteiger partial charge in [-0.15, -0.1) is 0 Å². The number of rotatable bonds is 8. The molecule has 1 radical (unpaired) electrons. The highest BCUT2D eigenvalue weighted by molar-refractivity contribution is 7.54. The zero-order valence-corrected chi connectivity index (χ0v) is 19.0. The van der Waals surface area contributed by atoms with Crippen molar-refractivity contribution in [2.75, 3.05) is 58.9 Å². The van der Waals surface area contributed by atoms with Crippen molar-refractivity contribution in [3.63, 3.8) is 0 Å². The topological polar surface area (TPSA) is 91.6 Å². The van der Waals surface area contributed by atoms with Gasteiger partial charge in [0.1, 0.15) is 12.1 Å². The number of nitro benzene ring substituents is 1. The quantitative estimate of drug-likeness (QED) is 0.255. The number of hydrogen-bond acceptors (Lipinski definition) is 9. The highest BCUT2D eigenvalue weighted by Gasteiger charge is 2.46. The lowest BCUT2D eigenvalue weighted by Crippen LogP contribution is -2.53. The molecule has 0 saturated carbocycles. The SMILES string of the molecule is CCOP(=O)(OCC)C(c1ccc([N+](=O)[O-])cc1)N1CCN2C[B]N3CCN(CC1)C32. The monoisotopic (exact) mass is 450 g/mol. The van der Waals surface area contributed by atoms with Crippen LogP contribution in [-0.2, 0) is 13.6 Å². The highest BCUT2D eigenvalue weighted by atomic mass is 31.2. The van der Waals surface area contributed by atoms with Crippen LogP contribution in [0.25, 0.3) is 0 Å². The van der Waals surface area contributed by atoms with E-state index >= 15 is 0 Å². The summed E-state index contributed by atoms with van der Waals surface area (Å²) >= 11 is 0. The molecule has 169 valence electrons. The lowest BCUT2D eigenvalue weighted by atomic mass is 9.95. The van der Waals surface area contributed by atoms with Gasteiger partial charge in [-0.2, -0.15) is 0 Å². The van der Waals surface area contributed by atoms with Crippen molar-refractivity contribution in [2.45, 2.75) is 25.9 Å². The van der Waals surface area contributed by atoms with Crippen molar-refractivity contribution in [2.24, 2.45) is 0 Å². The molecule has 0 N–H and O–H groups in total. The standard InChI is InChI=1S/C19H30BN5O5P/c1-3-29-31(28,30-4-2)18(16-5-7-17(8-6-16)25(26)27)21-9-11-22-13-14-24-19(22)23(12-10-21)15-20-24/h5-8,18-19H,3-4,9-15H2,1-2H3. The van der Waals surface area contributed by atoms with Gasteiger partial charge in [-0.05, 0) is 38.0 Å². The number of non-ortho nitro benzene ring substituents is 1. The van der Waals surface area contributed by atoms with Crippen LogP contribution in [0, 0.1) is 10.1 Å². The molecule has 12 heteroatoms. The van der Waals surface area contributed by atoms with E-state index in [0.29, 0.717) is 24.9 Å². The molecule has 3 saturated heterocycles. The first-order chi connectivity index (χ1) is 15.0. The fraction of sp³-hybridized carbons (Fsp3) is 0.684. The molecule has 0 amide bonds. The third-order valence-corrected chi connectivity index (χ3v) is 8.62. The predicted octanol–water partition coefficient (Wildman–Crippen LogP) is 1.97. The first-order valence-corrected chi connectivity index (χ1v) is 12.5. The second-order valence-electron chi connectivity index (χ2n) is 7.93. The largest absolute Gasteiger partial charge is 0.352 e. The van der Waals surface area contributed by atoms with Crippen LogP contribution in [0.15, 0.2) is 24.3 Å². The molecular formula is C19H30BN5O5P. The van der Waals surface area contributed by atoms with Crippen LogP contribution in [0.3, 0.4) is 0 Å². The Morgan fingerprint density at radius 2 is 1.68 bits per heavy atom. The normalized spacial score (nSPS) is 24.4. The first kappa shape index (κ1) is 22.9. The van der Waals surface area contributed by atoms with Crippen LogP contribution in [0.4, 0.5) is 5.69 Å². The van der Waals surface area contributed by atoms with Crippen LogP contribution >= 0.6 is 7.60 Å². The zero-order valence-electron chi connectivity index (χ0n) is 18.1. The van der Waals surface area contributed by atoms with Crippen molar-refractivity contribution in [3.05, 3.63) is 39.9 Å². The van der Waals surface area contributed by atoms with Crippen molar-refractivity contribution >= 4 is 20.7 Å². The Labute approximate surface area is 184 Å². The van der Waals surface area contributed by atoms with E-state index in [1.807, 2.05) is 0 Å². The van der Waals surface area contributed by atoms with Gasteiger partial charge in [0, 0.05) is 51.4 Å². The molecule has 31 heavy (non-hydrogen) atoms. The summed E-state index contributed by atoms with van der Waals surface area (Å²) < 4.78 is 25.5. The Morgan fingerprint density at radius 3 is 2.29 bits per heavy atom. The second-order valence-corrected chi connectivity index (χ2v) is 10.0. The second kappa shape index (κ2) is 9.66. The molecule has 2 atom stereocenters. The molecule has 3 fully saturated rings. The molecule has 3 aliphatic rings. The van der Waals surface area contributed by atoms with Crippen LogP contribution < -0.4 is 0 Å². The number of nitro groups is 1. The number of hydrogen-bond donors (Lipinski definition) is 0. The minimum Gasteiger partial charge on any atom is -0.318 e. The van der Waals surface area contributed by atoms with Gasteiger partial charge in [-0.25, -0.2) is 0 Å². The fourth-order valence-electron chi connectivity index (χ4n) is 4.82. The van der Waals surface area contributed by atoms with E-state index < -0.39 is 18.3 Å². The van der Waals surface area contributed by atoms with Gasteiger partial charge >= 0.3 is 7.60 Å². The summed E-state index contributed by atoms with van der Waals surface area (Å²) in [4.78, 5) is 20.1. The summed E-state index contributed by atoms with van der Waals surface area (Å²) in [6, 6.07) is 6.27. The molecule has 0 spiro atoms. The molecule has 10 nitrogen and oxygen atoms in total. The molecule has 1 aromatic carbocycles. The van der Waals surface area contributed by atoms with E-state index in [1.165, 1.54) is 12.1 Å². The minimum atomic E-state index is -3.54. The molecule has 0 aliphatic carbocycles. The summed E-state index contributed by atoms with van der Waals surface area (Å²) in [5.41, 5.74) is 0.717. The Hall–Kier alpha value is -1.33. The molecule has 3 aliphatic heterocycles. The molecular weight excluding hydrogens is 420 g/mol. The Balaban J connectivity index is 1.66. The molecule has 1 aromatic rings. The van der Waals surface area contributed by atoms with Crippen molar-refractivity contribution in [3.8, 4) is 0 Å². The molecule has 4 rings (SSSR count). The molecule has 0 aromatic heterocycles. The van der Waals surface area contributed by atoms with Crippen molar-refractivity contribution in [1.82, 2.24) is 19.5 Å². The lowest BCUT2D eigenvalue weighted by Gasteiger charge is -2.42. The van der Waals surface area contributed by atoms with Crippen molar-refractivity contribution < 1.29 is 18.5 Å². The summed E-state index contributed by atoms with van der Waals surface area (Å²) in [6.45, 7) is 9.25. The van der Waals surface area contributed by atoms with Gasteiger partial charge in [0.2, 0.25) is 7.41 Å². The van der Waals surface area contributed by atoms with Gasteiger partial charge in [0.25, 0.3) is 5.69 Å². The van der Waals surface area contributed by atoms with Crippen LogP contribution in [0.1, 0.15) is 25.2 Å². The highest BCUT2D eigenvalue weighted by Crippen LogP contribution is 2.62. The summed E-state index contributed by atoms with van der Waals surface area (Å²) in [6.07, 6.45) is 1.23. The maximum atomic E-state index is 14.0. The average molecular weight is 450 g/mol. The van der Waals surface area contributed by atoms with Gasteiger partial charge in [0.05, 0.1) is 18.1 Å². The Bertz CT molecular complexity index is 800. The Kier molecular flexibility index (Phi) is 7.12. The van der Waals surface area contributed by atoms with E-state index in [1.54, 1.807) is 26.0 Å². The Morgan fingerprint density at radius 1 is 1.06 bits per heavy atom. The van der Waals surface area contributed by atoms with E-state index in [9.17, 15) is 14.7 Å². The van der Waals surface area contributed by atoms with E-state index in [2.05, 4.69) is 26.9 Å². The van der Waals surface area contributed by atoms with Crippen molar-refractivity contribution in [1.29, 1.82) is 0 Å². The predicted molar refractivity (Wildman–Crippen MR) is 118 cm³/mol. The van der Waals surface area contributed by atoms with Gasteiger partial charge < -0.3 is 13.9 Å². The summed E-state index contributed by atoms with van der Waals surface area (Å²) in [7, 11) is -1.27. The van der Waals surface area contributed by atoms with Gasteiger partial charge in [-0.1, -0.05) is 0 Å². The fourth-order valence-corrected chi connectivity index (χ4v) is 7.06. The minimum absolute atomic E-state index is 0.00502. The van der Waals surface area contributed by atoms with E-state index in [0.717, 1.165) is 32.6 Å². The third kappa shape index (κ3) is 4.59. The van der Waals surface area contributed by atoms with Gasteiger partial charge in [0.15, 0.2) is 0 Å². The van der Waals surface area contributed by atoms with E-state index in [4.69, 9.17) is 9.05 Å². The smallest absolute Gasteiger partial charge is 0.318 e. The van der Waals surface area contributed by atoms with Crippen LogP contribution in [0.2, 0.25) is 0 Å². The van der Waals surface area contributed by atoms with E-state index in [-0.39, 0.29) is 18.9 Å². The van der Waals surface area contributed by atoms with Gasteiger partial charge in [-0.3, -0.25) is 29.4 Å². The van der Waals surface area contributed by atoms with Crippen LogP contribution in [0.5, 0.6) is 0 Å². The molecule has 0 bridgehead atoms. The maximum absolute atomic E-state index is 14.0. The first-order valence-electron chi connectivity index (χ1n) is 10.9. The summed E-state index contributed by atoms with van der Waals surface area (Å²) in [5, 5.41) is 11.1. The third-order valence-electron chi connectivity index (χ3n) is 6.16. The molecule has 2 unspecified atom stereocenters. The van der Waals surface area contributed by atoms with Crippen LogP contribution in [-0.4, -0.2) is 97.1 Å².